The second kappa shape index (κ2) is 5.09. The minimum Gasteiger partial charge on any atom is -0.506 e. The number of phenolic OH excluding ortho intramolecular Hbond substituents is 1. The smallest absolute Gasteiger partial charge is 0.326 e. The van der Waals surface area contributed by atoms with Crippen molar-refractivity contribution in [2.75, 3.05) is 0 Å². The Morgan fingerprint density at radius 2 is 1.86 bits per heavy atom. The van der Waals surface area contributed by atoms with Crippen molar-refractivity contribution in [1.82, 2.24) is 5.32 Å². The van der Waals surface area contributed by atoms with E-state index in [9.17, 15) is 14.7 Å². The highest BCUT2D eigenvalue weighted by molar-refractivity contribution is 6.04. The monoisotopic (exact) mass is 285 g/mol. The summed E-state index contributed by atoms with van der Waals surface area (Å²) in [6.45, 7) is 0. The molecule has 0 aromatic heterocycles. The maximum atomic E-state index is 12.2. The standard InChI is InChI=1S/C16H15NO4/c18-14-11-4-2-1-3-9(11)7-8-12(14)15(19)17-13(16(20)21)10-5-6-10/h1-4,7-8,10,13,18H,5-6H2,(H,17,19)(H,20,21). The van der Waals surface area contributed by atoms with Gasteiger partial charge in [-0.05, 0) is 30.2 Å². The number of aliphatic carboxylic acids is 1. The fourth-order valence-electron chi connectivity index (χ4n) is 2.47. The van der Waals surface area contributed by atoms with Gasteiger partial charge < -0.3 is 15.5 Å². The number of nitrogens with one attached hydrogen (secondary N) is 1. The first-order valence-corrected chi connectivity index (χ1v) is 6.82. The lowest BCUT2D eigenvalue weighted by atomic mass is 10.0. The quantitative estimate of drug-likeness (QED) is 0.803. The number of rotatable bonds is 4. The van der Waals surface area contributed by atoms with Gasteiger partial charge in [-0.15, -0.1) is 0 Å². The first-order valence-electron chi connectivity index (χ1n) is 6.82. The Bertz CT molecular complexity index is 721. The number of carbonyl (C=O) groups is 2. The van der Waals surface area contributed by atoms with Gasteiger partial charge in [0.15, 0.2) is 0 Å². The van der Waals surface area contributed by atoms with Crippen LogP contribution in [0.4, 0.5) is 0 Å². The molecule has 1 atom stereocenters. The molecule has 2 aromatic carbocycles. The molecule has 1 aliphatic carbocycles. The van der Waals surface area contributed by atoms with E-state index in [0.717, 1.165) is 18.2 Å². The van der Waals surface area contributed by atoms with E-state index in [2.05, 4.69) is 5.32 Å². The van der Waals surface area contributed by atoms with E-state index >= 15 is 0 Å². The summed E-state index contributed by atoms with van der Waals surface area (Å²) in [5.74, 6) is -1.72. The van der Waals surface area contributed by atoms with Crippen LogP contribution in [0.1, 0.15) is 23.2 Å². The average molecular weight is 285 g/mol. The van der Waals surface area contributed by atoms with E-state index in [1.807, 2.05) is 12.1 Å². The van der Waals surface area contributed by atoms with Crippen molar-refractivity contribution in [1.29, 1.82) is 0 Å². The average Bonchev–Trinajstić information content (AvgIpc) is 3.29. The molecular weight excluding hydrogens is 270 g/mol. The number of amides is 1. The second-order valence-electron chi connectivity index (χ2n) is 5.31. The van der Waals surface area contributed by atoms with Gasteiger partial charge in [-0.1, -0.05) is 30.3 Å². The van der Waals surface area contributed by atoms with Crippen molar-refractivity contribution < 1.29 is 19.8 Å². The van der Waals surface area contributed by atoms with E-state index < -0.39 is 17.9 Å². The molecule has 0 saturated heterocycles. The van der Waals surface area contributed by atoms with E-state index in [1.54, 1.807) is 18.2 Å². The molecule has 0 heterocycles. The third-order valence-electron chi connectivity index (χ3n) is 3.79. The van der Waals surface area contributed by atoms with Crippen LogP contribution in [0.2, 0.25) is 0 Å². The number of hydrogen-bond acceptors (Lipinski definition) is 3. The van der Waals surface area contributed by atoms with Crippen LogP contribution in [0.25, 0.3) is 10.8 Å². The SMILES string of the molecule is O=C(NC(C(=O)O)C1CC1)c1ccc2ccccc2c1O. The molecule has 21 heavy (non-hydrogen) atoms. The van der Waals surface area contributed by atoms with Crippen LogP contribution in [0.5, 0.6) is 5.75 Å². The topological polar surface area (TPSA) is 86.6 Å². The lowest BCUT2D eigenvalue weighted by Crippen LogP contribution is -2.42. The van der Waals surface area contributed by atoms with Gasteiger partial charge >= 0.3 is 5.97 Å². The van der Waals surface area contributed by atoms with E-state index in [4.69, 9.17) is 5.11 Å². The molecule has 0 spiro atoms. The van der Waals surface area contributed by atoms with Gasteiger partial charge in [0.05, 0.1) is 5.56 Å². The number of carboxylic acid groups (broad SMARTS) is 1. The van der Waals surface area contributed by atoms with Crippen LogP contribution in [0, 0.1) is 5.92 Å². The summed E-state index contributed by atoms with van der Waals surface area (Å²) in [6.07, 6.45) is 1.61. The van der Waals surface area contributed by atoms with Crippen LogP contribution in [0.15, 0.2) is 36.4 Å². The molecule has 1 unspecified atom stereocenters. The highest BCUT2D eigenvalue weighted by atomic mass is 16.4. The van der Waals surface area contributed by atoms with Gasteiger partial charge in [0.2, 0.25) is 0 Å². The molecule has 3 N–H and O–H groups in total. The zero-order valence-electron chi connectivity index (χ0n) is 11.2. The van der Waals surface area contributed by atoms with E-state index in [-0.39, 0.29) is 17.2 Å². The Labute approximate surface area is 121 Å². The third-order valence-corrected chi connectivity index (χ3v) is 3.79. The normalized spacial score (nSPS) is 15.6. The predicted molar refractivity (Wildman–Crippen MR) is 77.2 cm³/mol. The lowest BCUT2D eigenvalue weighted by Gasteiger charge is -2.14. The molecule has 2 aromatic rings. The summed E-state index contributed by atoms with van der Waals surface area (Å²) in [4.78, 5) is 23.4. The molecular formula is C16H15NO4. The van der Waals surface area contributed by atoms with Crippen molar-refractivity contribution in [2.24, 2.45) is 5.92 Å². The van der Waals surface area contributed by atoms with Crippen LogP contribution >= 0.6 is 0 Å². The second-order valence-corrected chi connectivity index (χ2v) is 5.31. The van der Waals surface area contributed by atoms with Crippen LogP contribution in [0.3, 0.4) is 0 Å². The molecule has 0 bridgehead atoms. The van der Waals surface area contributed by atoms with Gasteiger partial charge in [-0.25, -0.2) is 4.79 Å². The maximum Gasteiger partial charge on any atom is 0.326 e. The zero-order valence-corrected chi connectivity index (χ0v) is 11.2. The molecule has 5 heteroatoms. The molecule has 1 amide bonds. The van der Waals surface area contributed by atoms with Crippen molar-refractivity contribution in [3.8, 4) is 5.75 Å². The molecule has 1 fully saturated rings. The van der Waals surface area contributed by atoms with Crippen molar-refractivity contribution >= 4 is 22.6 Å². The molecule has 1 aliphatic rings. The number of fused-ring (bicyclic) bond motifs is 1. The first-order chi connectivity index (χ1) is 10.1. The number of aromatic hydroxyl groups is 1. The van der Waals surface area contributed by atoms with Crippen LogP contribution in [-0.2, 0) is 4.79 Å². The summed E-state index contributed by atoms with van der Waals surface area (Å²) in [7, 11) is 0. The Morgan fingerprint density at radius 1 is 1.14 bits per heavy atom. The molecule has 5 nitrogen and oxygen atoms in total. The van der Waals surface area contributed by atoms with Gasteiger partial charge in [0.25, 0.3) is 5.91 Å². The van der Waals surface area contributed by atoms with Crippen LogP contribution in [-0.4, -0.2) is 28.1 Å². The summed E-state index contributed by atoms with van der Waals surface area (Å²) < 4.78 is 0. The number of hydrogen-bond donors (Lipinski definition) is 3. The summed E-state index contributed by atoms with van der Waals surface area (Å²) in [5, 5.41) is 23.3. The van der Waals surface area contributed by atoms with Crippen LogP contribution < -0.4 is 5.32 Å². The molecule has 1 saturated carbocycles. The number of benzene rings is 2. The summed E-state index contributed by atoms with van der Waals surface area (Å²) in [5.41, 5.74) is 0.0978. The summed E-state index contributed by atoms with van der Waals surface area (Å²) >= 11 is 0. The minimum atomic E-state index is -1.04. The number of phenols is 1. The molecule has 0 aliphatic heterocycles. The minimum absolute atomic E-state index is 0.00551. The van der Waals surface area contributed by atoms with Gasteiger partial charge in [0, 0.05) is 5.39 Å². The van der Waals surface area contributed by atoms with Gasteiger partial charge in [0.1, 0.15) is 11.8 Å². The van der Waals surface area contributed by atoms with Gasteiger partial charge in [-0.2, -0.15) is 0 Å². The Kier molecular flexibility index (Phi) is 3.25. The largest absolute Gasteiger partial charge is 0.506 e. The highest BCUT2D eigenvalue weighted by Gasteiger charge is 2.37. The highest BCUT2D eigenvalue weighted by Crippen LogP contribution is 2.33. The maximum absolute atomic E-state index is 12.2. The fraction of sp³-hybridized carbons (Fsp3) is 0.250. The Hall–Kier alpha value is -2.56. The van der Waals surface area contributed by atoms with E-state index in [0.29, 0.717) is 5.39 Å². The molecule has 0 radical (unpaired) electrons. The Balaban J connectivity index is 1.90. The number of carboxylic acids is 1. The fourth-order valence-corrected chi connectivity index (χ4v) is 2.47. The third kappa shape index (κ3) is 2.54. The Morgan fingerprint density at radius 3 is 2.52 bits per heavy atom. The number of carbonyl (C=O) groups excluding carboxylic acids is 1. The van der Waals surface area contributed by atoms with E-state index in [1.165, 1.54) is 6.07 Å². The lowest BCUT2D eigenvalue weighted by molar-refractivity contribution is -0.139. The first kappa shape index (κ1) is 13.4. The zero-order chi connectivity index (χ0) is 15.0. The van der Waals surface area contributed by atoms with Crippen molar-refractivity contribution in [3.05, 3.63) is 42.0 Å². The molecule has 3 rings (SSSR count). The molecule has 108 valence electrons. The van der Waals surface area contributed by atoms with Gasteiger partial charge in [-0.3, -0.25) is 4.79 Å². The summed E-state index contributed by atoms with van der Waals surface area (Å²) in [6, 6.07) is 9.53. The van der Waals surface area contributed by atoms with Crippen molar-refractivity contribution in [3.63, 3.8) is 0 Å². The van der Waals surface area contributed by atoms with Crippen molar-refractivity contribution in [2.45, 2.75) is 18.9 Å². The predicted octanol–water partition coefficient (Wildman–Crippen LogP) is 2.14.